The Hall–Kier alpha value is -2.82. The Morgan fingerprint density at radius 2 is 1.95 bits per heavy atom. The Morgan fingerprint density at radius 3 is 2.57 bits per heavy atom. The zero-order valence-corrected chi connectivity index (χ0v) is 11.6. The third-order valence-corrected chi connectivity index (χ3v) is 3.36. The molecule has 2 heterocycles. The Labute approximate surface area is 122 Å². The van der Waals surface area contributed by atoms with Crippen molar-refractivity contribution in [1.82, 2.24) is 15.2 Å². The molecule has 3 rings (SSSR count). The van der Waals surface area contributed by atoms with Gasteiger partial charge in [0.1, 0.15) is 0 Å². The highest BCUT2D eigenvalue weighted by atomic mass is 16.1. The Balaban J connectivity index is 1.74. The molecular formula is C16H16N4O. The Bertz CT molecular complexity index is 759. The lowest BCUT2D eigenvalue weighted by Gasteiger charge is -2.15. The summed E-state index contributed by atoms with van der Waals surface area (Å²) in [4.78, 5) is 15.3. The first-order chi connectivity index (χ1) is 10.2. The monoisotopic (exact) mass is 280 g/mol. The molecule has 0 spiro atoms. The van der Waals surface area contributed by atoms with Crippen LogP contribution in [0.2, 0.25) is 0 Å². The zero-order chi connectivity index (χ0) is 14.7. The first-order valence-corrected chi connectivity index (χ1v) is 6.77. The second-order valence-electron chi connectivity index (χ2n) is 4.90. The van der Waals surface area contributed by atoms with Crippen molar-refractivity contribution in [2.24, 2.45) is 0 Å². The normalized spacial score (nSPS) is 12.0. The van der Waals surface area contributed by atoms with Gasteiger partial charge >= 0.3 is 0 Å². The molecule has 3 N–H and O–H groups in total. The van der Waals surface area contributed by atoms with E-state index in [4.69, 9.17) is 0 Å². The number of rotatable bonds is 4. The molecule has 0 bridgehead atoms. The van der Waals surface area contributed by atoms with Gasteiger partial charge in [-0.3, -0.25) is 20.0 Å². The van der Waals surface area contributed by atoms with Crippen molar-refractivity contribution in [1.29, 1.82) is 0 Å². The lowest BCUT2D eigenvalue weighted by molar-refractivity contribution is 0.876. The van der Waals surface area contributed by atoms with E-state index >= 15 is 0 Å². The maximum absolute atomic E-state index is 11.1. The molecule has 3 aromatic rings. The van der Waals surface area contributed by atoms with E-state index in [-0.39, 0.29) is 11.6 Å². The minimum Gasteiger partial charge on any atom is -0.378 e. The molecule has 1 atom stereocenters. The van der Waals surface area contributed by atoms with Crippen molar-refractivity contribution >= 4 is 5.69 Å². The molecule has 0 saturated carbocycles. The van der Waals surface area contributed by atoms with Crippen LogP contribution < -0.4 is 10.9 Å². The highest BCUT2D eigenvalue weighted by Crippen LogP contribution is 2.21. The quantitative estimate of drug-likeness (QED) is 0.688. The smallest absolute Gasteiger partial charge is 0.264 e. The molecule has 0 radical (unpaired) electrons. The van der Waals surface area contributed by atoms with Gasteiger partial charge in [-0.1, -0.05) is 18.2 Å². The highest BCUT2D eigenvalue weighted by molar-refractivity contribution is 5.62. The van der Waals surface area contributed by atoms with Gasteiger partial charge in [-0.05, 0) is 36.2 Å². The van der Waals surface area contributed by atoms with Gasteiger partial charge in [0, 0.05) is 24.1 Å². The van der Waals surface area contributed by atoms with E-state index in [0.29, 0.717) is 0 Å². The largest absolute Gasteiger partial charge is 0.378 e. The molecule has 0 fully saturated rings. The van der Waals surface area contributed by atoms with Crippen molar-refractivity contribution in [3.8, 4) is 11.3 Å². The topological polar surface area (TPSA) is 73.6 Å². The summed E-state index contributed by atoms with van der Waals surface area (Å²) >= 11 is 0. The number of H-pyrrole nitrogens is 2. The van der Waals surface area contributed by atoms with Crippen LogP contribution in [0.3, 0.4) is 0 Å². The predicted octanol–water partition coefficient (Wildman–Crippen LogP) is 2.94. The average molecular weight is 280 g/mol. The fourth-order valence-electron chi connectivity index (χ4n) is 2.20. The fourth-order valence-corrected chi connectivity index (χ4v) is 2.20. The first kappa shape index (κ1) is 13.2. The van der Waals surface area contributed by atoms with E-state index in [2.05, 4.69) is 27.4 Å². The van der Waals surface area contributed by atoms with E-state index in [1.165, 1.54) is 0 Å². The molecule has 0 saturated heterocycles. The van der Waals surface area contributed by atoms with Crippen molar-refractivity contribution in [3.63, 3.8) is 0 Å². The molecule has 1 unspecified atom stereocenters. The molecule has 106 valence electrons. The number of nitrogens with one attached hydrogen (secondary N) is 3. The molecule has 0 aliphatic rings. The van der Waals surface area contributed by atoms with Gasteiger partial charge in [0.05, 0.1) is 11.7 Å². The van der Waals surface area contributed by atoms with Gasteiger partial charge in [-0.15, -0.1) is 0 Å². The lowest BCUT2D eigenvalue weighted by atomic mass is 10.1. The van der Waals surface area contributed by atoms with E-state index < -0.39 is 0 Å². The second-order valence-corrected chi connectivity index (χ2v) is 4.90. The summed E-state index contributed by atoms with van der Waals surface area (Å²) in [7, 11) is 0. The number of benzene rings is 1. The molecule has 21 heavy (non-hydrogen) atoms. The minimum absolute atomic E-state index is 0.127. The molecule has 0 amide bonds. The number of hydrogen-bond donors (Lipinski definition) is 3. The van der Waals surface area contributed by atoms with Crippen molar-refractivity contribution in [3.05, 3.63) is 70.8 Å². The van der Waals surface area contributed by atoms with E-state index in [9.17, 15) is 4.79 Å². The third-order valence-electron chi connectivity index (χ3n) is 3.36. The van der Waals surface area contributed by atoms with Crippen LogP contribution in [0.15, 0.2) is 59.7 Å². The summed E-state index contributed by atoms with van der Waals surface area (Å²) < 4.78 is 0. The van der Waals surface area contributed by atoms with Crippen molar-refractivity contribution in [2.75, 3.05) is 5.32 Å². The van der Waals surface area contributed by atoms with Gasteiger partial charge in [-0.25, -0.2) is 0 Å². The van der Waals surface area contributed by atoms with Gasteiger partial charge in [-0.2, -0.15) is 0 Å². The average Bonchev–Trinajstić information content (AvgIpc) is 2.95. The minimum atomic E-state index is -0.127. The zero-order valence-electron chi connectivity index (χ0n) is 11.6. The highest BCUT2D eigenvalue weighted by Gasteiger charge is 2.05. The summed E-state index contributed by atoms with van der Waals surface area (Å²) in [6, 6.07) is 13.6. The van der Waals surface area contributed by atoms with Crippen LogP contribution in [0.4, 0.5) is 5.69 Å². The maximum Gasteiger partial charge on any atom is 0.264 e. The third kappa shape index (κ3) is 3.02. The van der Waals surface area contributed by atoms with Crippen LogP contribution in [0.5, 0.6) is 0 Å². The summed E-state index contributed by atoms with van der Waals surface area (Å²) in [5.41, 5.74) is 3.78. The van der Waals surface area contributed by atoms with Gasteiger partial charge in [0.2, 0.25) is 0 Å². The maximum atomic E-state index is 11.1. The van der Waals surface area contributed by atoms with E-state index in [0.717, 1.165) is 22.5 Å². The van der Waals surface area contributed by atoms with E-state index in [1.54, 1.807) is 12.3 Å². The first-order valence-electron chi connectivity index (χ1n) is 6.77. The van der Waals surface area contributed by atoms with Crippen LogP contribution in [0.25, 0.3) is 11.3 Å². The van der Waals surface area contributed by atoms with Crippen LogP contribution in [-0.4, -0.2) is 15.2 Å². The van der Waals surface area contributed by atoms with Crippen molar-refractivity contribution < 1.29 is 0 Å². The summed E-state index contributed by atoms with van der Waals surface area (Å²) in [6.07, 6.45) is 3.62. The Morgan fingerprint density at radius 1 is 1.14 bits per heavy atom. The van der Waals surface area contributed by atoms with Crippen molar-refractivity contribution in [2.45, 2.75) is 13.0 Å². The van der Waals surface area contributed by atoms with Gasteiger partial charge in [0.15, 0.2) is 0 Å². The second kappa shape index (κ2) is 5.66. The molecule has 0 aliphatic carbocycles. The lowest BCUT2D eigenvalue weighted by Crippen LogP contribution is -2.06. The summed E-state index contributed by atoms with van der Waals surface area (Å²) in [5, 5.41) is 8.80. The molecule has 5 nitrogen and oxygen atoms in total. The molecular weight excluding hydrogens is 264 g/mol. The number of hydrogen-bond acceptors (Lipinski definition) is 3. The standard InChI is InChI=1S/C16H16N4O/c1-11(13-3-2-8-17-10-13)18-14-6-4-12(5-7-14)15-9-16(21)20-19-15/h2-11,18H,1H3,(H2,19,20,21). The Kier molecular flexibility index (Phi) is 3.55. The molecule has 1 aromatic carbocycles. The fraction of sp³-hybridized carbons (Fsp3) is 0.125. The molecule has 0 aliphatic heterocycles. The molecule has 2 aromatic heterocycles. The number of pyridine rings is 1. The van der Waals surface area contributed by atoms with Crippen LogP contribution in [-0.2, 0) is 0 Å². The van der Waals surface area contributed by atoms with Crippen LogP contribution in [0, 0.1) is 0 Å². The molecule has 5 heteroatoms. The van der Waals surface area contributed by atoms with Crippen LogP contribution >= 0.6 is 0 Å². The SMILES string of the molecule is CC(Nc1ccc(-c2cc(=O)[nH][nH]2)cc1)c1cccnc1. The number of aromatic nitrogens is 3. The summed E-state index contributed by atoms with van der Waals surface area (Å²) in [5.74, 6) is 0. The predicted molar refractivity (Wildman–Crippen MR) is 83.1 cm³/mol. The van der Waals surface area contributed by atoms with Crippen LogP contribution in [0.1, 0.15) is 18.5 Å². The van der Waals surface area contributed by atoms with Gasteiger partial charge < -0.3 is 5.32 Å². The number of aromatic amines is 2. The van der Waals surface area contributed by atoms with Gasteiger partial charge in [0.25, 0.3) is 5.56 Å². The van der Waals surface area contributed by atoms with E-state index in [1.807, 2.05) is 42.6 Å². The number of nitrogens with zero attached hydrogens (tertiary/aromatic N) is 1. The number of anilines is 1. The summed E-state index contributed by atoms with van der Waals surface area (Å²) in [6.45, 7) is 2.09.